The fourth-order valence-corrected chi connectivity index (χ4v) is 2.90. The molecule has 0 unspecified atom stereocenters. The summed E-state index contributed by atoms with van der Waals surface area (Å²) in [6.07, 6.45) is 6.56. The third-order valence-corrected chi connectivity index (χ3v) is 4.49. The molecule has 0 amide bonds. The Labute approximate surface area is 166 Å². The van der Waals surface area contributed by atoms with E-state index in [4.69, 9.17) is 9.47 Å². The maximum atomic E-state index is 12.9. The van der Waals surface area contributed by atoms with E-state index in [1.165, 1.54) is 0 Å². The average molecular weight is 389 g/mol. The van der Waals surface area contributed by atoms with E-state index >= 15 is 0 Å². The predicted octanol–water partition coefficient (Wildman–Crippen LogP) is 3.21. The molecule has 0 radical (unpaired) electrons. The number of anilines is 1. The molecule has 0 aliphatic heterocycles. The third-order valence-electron chi connectivity index (χ3n) is 4.49. The van der Waals surface area contributed by atoms with Crippen LogP contribution in [0.1, 0.15) is 21.5 Å². The van der Waals surface area contributed by atoms with Gasteiger partial charge in [-0.2, -0.15) is 0 Å². The van der Waals surface area contributed by atoms with E-state index in [0.717, 1.165) is 5.56 Å². The molecule has 4 aromatic rings. The molecule has 4 aromatic heterocycles. The van der Waals surface area contributed by atoms with Gasteiger partial charge in [-0.1, -0.05) is 6.07 Å². The summed E-state index contributed by atoms with van der Waals surface area (Å²) in [7, 11) is 3.14. The van der Waals surface area contributed by atoms with Crippen LogP contribution in [-0.4, -0.2) is 39.9 Å². The normalized spacial score (nSPS) is 10.7. The van der Waals surface area contributed by atoms with Crippen molar-refractivity contribution in [1.29, 1.82) is 0 Å². The number of methoxy groups -OCH3 is 2. The van der Waals surface area contributed by atoms with Crippen LogP contribution in [0.3, 0.4) is 0 Å². The summed E-state index contributed by atoms with van der Waals surface area (Å²) in [4.78, 5) is 28.7. The van der Waals surface area contributed by atoms with Crippen LogP contribution >= 0.6 is 0 Å². The van der Waals surface area contributed by atoms with E-state index < -0.39 is 0 Å². The number of pyridine rings is 3. The van der Waals surface area contributed by atoms with Crippen LogP contribution < -0.4 is 14.8 Å². The highest BCUT2D eigenvalue weighted by Crippen LogP contribution is 2.23. The van der Waals surface area contributed by atoms with E-state index in [2.05, 4.69) is 25.3 Å². The second-order valence-corrected chi connectivity index (χ2v) is 6.30. The zero-order valence-corrected chi connectivity index (χ0v) is 16.0. The molecule has 0 aliphatic carbocycles. The number of aromatic nitrogens is 4. The summed E-state index contributed by atoms with van der Waals surface area (Å²) in [5.74, 6) is 1.70. The van der Waals surface area contributed by atoms with Gasteiger partial charge >= 0.3 is 0 Å². The zero-order valence-electron chi connectivity index (χ0n) is 16.0. The fraction of sp³-hybridized carbons (Fsp3) is 0.143. The van der Waals surface area contributed by atoms with Crippen LogP contribution in [0.25, 0.3) is 11.0 Å². The summed E-state index contributed by atoms with van der Waals surface area (Å²) < 4.78 is 10.3. The van der Waals surface area contributed by atoms with E-state index in [-0.39, 0.29) is 5.78 Å². The Balaban J connectivity index is 1.48. The Morgan fingerprint density at radius 3 is 2.62 bits per heavy atom. The second-order valence-electron chi connectivity index (χ2n) is 6.30. The Kier molecular flexibility index (Phi) is 5.07. The van der Waals surface area contributed by atoms with Gasteiger partial charge < -0.3 is 19.8 Å². The maximum absolute atomic E-state index is 12.9. The zero-order chi connectivity index (χ0) is 20.2. The number of aromatic amines is 1. The molecule has 0 aromatic carbocycles. The molecule has 0 bridgehead atoms. The van der Waals surface area contributed by atoms with Crippen LogP contribution in [0.15, 0.2) is 55.1 Å². The van der Waals surface area contributed by atoms with Crippen molar-refractivity contribution in [3.63, 3.8) is 0 Å². The molecular formula is C21H19N5O3. The topological polar surface area (TPSA) is 102 Å². The maximum Gasteiger partial charge on any atom is 0.212 e. The number of rotatable bonds is 7. The second kappa shape index (κ2) is 7.97. The van der Waals surface area contributed by atoms with E-state index in [9.17, 15) is 4.79 Å². The first-order valence-corrected chi connectivity index (χ1v) is 8.92. The lowest BCUT2D eigenvalue weighted by molar-refractivity contribution is 0.104. The number of carbonyl (C=O) groups is 1. The predicted molar refractivity (Wildman–Crippen MR) is 108 cm³/mol. The molecular weight excluding hydrogens is 370 g/mol. The molecule has 8 heteroatoms. The van der Waals surface area contributed by atoms with Gasteiger partial charge in [0.2, 0.25) is 5.88 Å². The van der Waals surface area contributed by atoms with Gasteiger partial charge in [0.05, 0.1) is 20.4 Å². The van der Waals surface area contributed by atoms with Crippen LogP contribution in [0.4, 0.5) is 5.82 Å². The molecule has 4 rings (SSSR count). The Hall–Kier alpha value is -3.94. The van der Waals surface area contributed by atoms with Gasteiger partial charge in [0.1, 0.15) is 17.2 Å². The molecule has 0 aliphatic rings. The molecule has 146 valence electrons. The van der Waals surface area contributed by atoms with Gasteiger partial charge in [0.15, 0.2) is 5.78 Å². The van der Waals surface area contributed by atoms with Crippen molar-refractivity contribution in [2.24, 2.45) is 0 Å². The summed E-state index contributed by atoms with van der Waals surface area (Å²) in [5, 5.41) is 3.92. The number of hydrogen-bond donors (Lipinski definition) is 2. The minimum atomic E-state index is -0.135. The van der Waals surface area contributed by atoms with E-state index in [1.54, 1.807) is 63.3 Å². The quantitative estimate of drug-likeness (QED) is 0.468. The van der Waals surface area contributed by atoms with Gasteiger partial charge in [-0.05, 0) is 23.8 Å². The Bertz CT molecular complexity index is 1140. The highest BCUT2D eigenvalue weighted by molar-refractivity contribution is 6.16. The van der Waals surface area contributed by atoms with Crippen LogP contribution in [0.2, 0.25) is 0 Å². The van der Waals surface area contributed by atoms with Crippen molar-refractivity contribution in [2.45, 2.75) is 6.54 Å². The molecule has 29 heavy (non-hydrogen) atoms. The lowest BCUT2D eigenvalue weighted by Gasteiger charge is -2.07. The van der Waals surface area contributed by atoms with Gasteiger partial charge in [-0.15, -0.1) is 0 Å². The number of nitrogens with one attached hydrogen (secondary N) is 2. The van der Waals surface area contributed by atoms with Gasteiger partial charge in [-0.3, -0.25) is 4.79 Å². The number of carbonyl (C=O) groups excluding carboxylic acids is 1. The first kappa shape index (κ1) is 18.4. The largest absolute Gasteiger partial charge is 0.495 e. The number of ketones is 1. The SMILES string of the molecule is COc1cnc2[nH]cc(C(=O)c3ccc(NCc4ccc(OC)nc4)nc3)c2c1. The average Bonchev–Trinajstić information content (AvgIpc) is 3.21. The summed E-state index contributed by atoms with van der Waals surface area (Å²) in [6, 6.07) is 9.04. The van der Waals surface area contributed by atoms with Crippen molar-refractivity contribution >= 4 is 22.6 Å². The number of ether oxygens (including phenoxy) is 2. The van der Waals surface area contributed by atoms with Crippen molar-refractivity contribution in [3.8, 4) is 11.6 Å². The lowest BCUT2D eigenvalue weighted by atomic mass is 10.1. The monoisotopic (exact) mass is 389 g/mol. The lowest BCUT2D eigenvalue weighted by Crippen LogP contribution is -2.05. The van der Waals surface area contributed by atoms with Gasteiger partial charge in [0, 0.05) is 47.7 Å². The number of H-pyrrole nitrogens is 1. The van der Waals surface area contributed by atoms with Gasteiger partial charge in [0.25, 0.3) is 0 Å². The van der Waals surface area contributed by atoms with E-state index in [0.29, 0.717) is 46.2 Å². The molecule has 0 saturated carbocycles. The molecule has 8 nitrogen and oxygen atoms in total. The van der Waals surface area contributed by atoms with Crippen molar-refractivity contribution in [2.75, 3.05) is 19.5 Å². The first-order valence-electron chi connectivity index (χ1n) is 8.92. The van der Waals surface area contributed by atoms with Crippen LogP contribution in [0.5, 0.6) is 11.6 Å². The summed E-state index contributed by atoms with van der Waals surface area (Å²) in [5.41, 5.74) is 2.64. The Morgan fingerprint density at radius 1 is 1.03 bits per heavy atom. The summed E-state index contributed by atoms with van der Waals surface area (Å²) >= 11 is 0. The van der Waals surface area contributed by atoms with Crippen LogP contribution in [0, 0.1) is 0 Å². The molecule has 0 saturated heterocycles. The van der Waals surface area contributed by atoms with Crippen molar-refractivity contribution in [1.82, 2.24) is 19.9 Å². The van der Waals surface area contributed by atoms with Crippen molar-refractivity contribution < 1.29 is 14.3 Å². The van der Waals surface area contributed by atoms with Crippen LogP contribution in [-0.2, 0) is 6.54 Å². The standard InChI is InChI=1S/C21H19N5O3/c1-28-15-7-16-17(12-26-21(16)25-11-15)20(27)14-4-5-18(23-10-14)22-8-13-3-6-19(29-2)24-9-13/h3-7,9-12H,8H2,1-2H3,(H,22,23)(H,25,26). The molecule has 2 N–H and O–H groups in total. The molecule has 4 heterocycles. The minimum absolute atomic E-state index is 0.135. The number of nitrogens with zero attached hydrogens (tertiary/aromatic N) is 3. The van der Waals surface area contributed by atoms with E-state index in [1.807, 2.05) is 6.07 Å². The highest BCUT2D eigenvalue weighted by Gasteiger charge is 2.16. The number of hydrogen-bond acceptors (Lipinski definition) is 7. The molecule has 0 atom stereocenters. The first-order chi connectivity index (χ1) is 14.2. The van der Waals surface area contributed by atoms with Crippen molar-refractivity contribution in [3.05, 3.63) is 71.8 Å². The third kappa shape index (κ3) is 3.86. The Morgan fingerprint density at radius 2 is 1.93 bits per heavy atom. The smallest absolute Gasteiger partial charge is 0.212 e. The minimum Gasteiger partial charge on any atom is -0.495 e. The highest BCUT2D eigenvalue weighted by atomic mass is 16.5. The number of fused-ring (bicyclic) bond motifs is 1. The molecule has 0 fully saturated rings. The summed E-state index contributed by atoms with van der Waals surface area (Å²) in [6.45, 7) is 0.561. The molecule has 0 spiro atoms. The fourth-order valence-electron chi connectivity index (χ4n) is 2.90. The van der Waals surface area contributed by atoms with Gasteiger partial charge in [-0.25, -0.2) is 15.0 Å².